The van der Waals surface area contributed by atoms with E-state index in [-0.39, 0.29) is 36.0 Å². The van der Waals surface area contributed by atoms with Crippen molar-refractivity contribution in [3.8, 4) is 0 Å². The zero-order valence-electron chi connectivity index (χ0n) is 15.8. The minimum Gasteiger partial charge on any atom is -0.396 e. The average molecular weight is 473 g/mol. The van der Waals surface area contributed by atoms with Crippen molar-refractivity contribution in [1.82, 2.24) is 10.6 Å². The fraction of sp³-hybridized carbons (Fsp3) is 0.650. The first kappa shape index (κ1) is 21.4. The minimum atomic E-state index is -0.00390. The molecule has 26 heavy (non-hydrogen) atoms. The lowest BCUT2D eigenvalue weighted by molar-refractivity contribution is 0.131. The normalized spacial score (nSPS) is 27.7. The van der Waals surface area contributed by atoms with Crippen LogP contribution in [0.15, 0.2) is 29.3 Å². The molecule has 2 fully saturated rings. The molecule has 1 heterocycles. The summed E-state index contributed by atoms with van der Waals surface area (Å²) < 4.78 is 5.57. The number of rotatable bonds is 7. The molecule has 3 unspecified atom stereocenters. The number of hydrogen-bond acceptors (Lipinski definition) is 3. The zero-order valence-corrected chi connectivity index (χ0v) is 18.2. The fourth-order valence-electron chi connectivity index (χ4n) is 3.73. The number of aryl methyl sites for hydroxylation is 1. The van der Waals surface area contributed by atoms with Crippen LogP contribution in [0.3, 0.4) is 0 Å². The smallest absolute Gasteiger partial charge is 0.191 e. The van der Waals surface area contributed by atoms with Gasteiger partial charge in [0.05, 0.1) is 13.2 Å². The number of nitrogens with zero attached hydrogens (tertiary/aromatic N) is 1. The van der Waals surface area contributed by atoms with E-state index in [0.29, 0.717) is 25.1 Å². The second-order valence-corrected chi connectivity index (χ2v) is 7.42. The van der Waals surface area contributed by atoms with Gasteiger partial charge in [-0.1, -0.05) is 24.3 Å². The molecule has 1 aromatic carbocycles. The number of ether oxygens (including phenoxy) is 1. The van der Waals surface area contributed by atoms with Crippen LogP contribution in [0.2, 0.25) is 0 Å². The van der Waals surface area contributed by atoms with Crippen molar-refractivity contribution in [2.45, 2.75) is 45.1 Å². The maximum atomic E-state index is 9.37. The van der Waals surface area contributed by atoms with Crippen LogP contribution in [0.25, 0.3) is 0 Å². The molecule has 1 aliphatic heterocycles. The number of aliphatic imine (C=N–C) groups is 1. The van der Waals surface area contributed by atoms with Crippen LogP contribution in [0, 0.1) is 12.3 Å². The van der Waals surface area contributed by atoms with Crippen LogP contribution in [-0.2, 0) is 4.74 Å². The summed E-state index contributed by atoms with van der Waals surface area (Å²) in [5.74, 6) is 1.46. The number of nitrogens with one attached hydrogen (secondary N) is 2. The van der Waals surface area contributed by atoms with Crippen LogP contribution in [0.1, 0.15) is 43.2 Å². The zero-order chi connectivity index (χ0) is 17.7. The van der Waals surface area contributed by atoms with E-state index >= 15 is 0 Å². The van der Waals surface area contributed by atoms with Crippen molar-refractivity contribution >= 4 is 29.9 Å². The summed E-state index contributed by atoms with van der Waals surface area (Å²) in [6.45, 7) is 7.49. The molecule has 0 spiro atoms. The van der Waals surface area contributed by atoms with Crippen molar-refractivity contribution in [3.05, 3.63) is 35.4 Å². The Morgan fingerprint density at radius 2 is 2.19 bits per heavy atom. The Kier molecular flexibility index (Phi) is 8.16. The van der Waals surface area contributed by atoms with Gasteiger partial charge in [0.15, 0.2) is 5.96 Å². The van der Waals surface area contributed by atoms with E-state index < -0.39 is 0 Å². The Bertz CT molecular complexity index is 602. The summed E-state index contributed by atoms with van der Waals surface area (Å²) in [6.07, 6.45) is 2.89. The highest BCUT2D eigenvalue weighted by Gasteiger charge is 2.40. The summed E-state index contributed by atoms with van der Waals surface area (Å²) in [5, 5.41) is 16.3. The predicted octanol–water partition coefficient (Wildman–Crippen LogP) is 2.81. The van der Waals surface area contributed by atoms with Gasteiger partial charge in [-0.25, -0.2) is 0 Å². The van der Waals surface area contributed by atoms with Crippen LogP contribution in [0.4, 0.5) is 0 Å². The first-order chi connectivity index (χ1) is 12.2. The van der Waals surface area contributed by atoms with Gasteiger partial charge in [0.1, 0.15) is 0 Å². The predicted molar refractivity (Wildman–Crippen MR) is 116 cm³/mol. The molecule has 3 N–H and O–H groups in total. The van der Waals surface area contributed by atoms with E-state index in [2.05, 4.69) is 48.7 Å². The lowest BCUT2D eigenvalue weighted by Crippen LogP contribution is -2.40. The standard InChI is InChI=1S/C20H31N3O2.HI/c1-3-21-19(22-13-20(8-10-24)9-11-25-14-20)23-18-12-17(18)16-7-5-4-6-15(16)2;/h4-7,17-18,24H,3,8-14H2,1-2H3,(H2,21,22,23);1H. The molecule has 1 saturated carbocycles. The first-order valence-corrected chi connectivity index (χ1v) is 9.46. The van der Waals surface area contributed by atoms with Crippen molar-refractivity contribution in [2.75, 3.05) is 32.9 Å². The summed E-state index contributed by atoms with van der Waals surface area (Å²) in [7, 11) is 0. The van der Waals surface area contributed by atoms with Gasteiger partial charge in [0.25, 0.3) is 0 Å². The number of benzene rings is 1. The fourth-order valence-corrected chi connectivity index (χ4v) is 3.73. The number of aliphatic hydroxyl groups excluding tert-OH is 1. The number of hydrogen-bond donors (Lipinski definition) is 3. The van der Waals surface area contributed by atoms with E-state index in [1.807, 2.05) is 0 Å². The van der Waals surface area contributed by atoms with Crippen molar-refractivity contribution in [1.29, 1.82) is 0 Å². The van der Waals surface area contributed by atoms with E-state index in [1.165, 1.54) is 11.1 Å². The van der Waals surface area contributed by atoms with E-state index in [0.717, 1.165) is 38.4 Å². The molecule has 1 aliphatic carbocycles. The van der Waals surface area contributed by atoms with Crippen LogP contribution < -0.4 is 10.6 Å². The van der Waals surface area contributed by atoms with E-state index in [9.17, 15) is 5.11 Å². The van der Waals surface area contributed by atoms with Crippen LogP contribution >= 0.6 is 24.0 Å². The summed E-state index contributed by atoms with van der Waals surface area (Å²) >= 11 is 0. The third-order valence-corrected chi connectivity index (χ3v) is 5.44. The average Bonchev–Trinajstić information content (AvgIpc) is 3.20. The number of guanidine groups is 1. The van der Waals surface area contributed by atoms with E-state index in [1.54, 1.807) is 0 Å². The molecule has 5 nitrogen and oxygen atoms in total. The Labute approximate surface area is 174 Å². The van der Waals surface area contributed by atoms with Gasteiger partial charge in [-0.2, -0.15) is 0 Å². The molecule has 0 amide bonds. The van der Waals surface area contributed by atoms with Gasteiger partial charge in [-0.15, -0.1) is 24.0 Å². The lowest BCUT2D eigenvalue weighted by atomic mass is 9.84. The molecule has 0 bridgehead atoms. The molecule has 1 saturated heterocycles. The SMILES string of the molecule is CCNC(=NCC1(CCO)CCOC1)NC1CC1c1ccccc1C.I. The monoisotopic (exact) mass is 473 g/mol. The summed E-state index contributed by atoms with van der Waals surface area (Å²) in [5.41, 5.74) is 2.80. The molecule has 3 atom stereocenters. The van der Waals surface area contributed by atoms with Crippen LogP contribution in [0.5, 0.6) is 0 Å². The number of halogens is 1. The summed E-state index contributed by atoms with van der Waals surface area (Å²) in [4.78, 5) is 4.82. The lowest BCUT2D eigenvalue weighted by Gasteiger charge is -2.25. The molecule has 6 heteroatoms. The third-order valence-electron chi connectivity index (χ3n) is 5.44. The molecule has 3 rings (SSSR count). The Hall–Kier alpha value is -0.860. The van der Waals surface area contributed by atoms with Gasteiger partial charge in [-0.05, 0) is 44.2 Å². The molecular weight excluding hydrogens is 441 g/mol. The van der Waals surface area contributed by atoms with Crippen LogP contribution in [-0.4, -0.2) is 50.0 Å². The second kappa shape index (κ2) is 9.90. The maximum absolute atomic E-state index is 9.37. The molecule has 2 aliphatic rings. The van der Waals surface area contributed by atoms with Crippen molar-refractivity contribution in [3.63, 3.8) is 0 Å². The minimum absolute atomic E-state index is 0. The van der Waals surface area contributed by atoms with Crippen molar-refractivity contribution in [2.24, 2.45) is 10.4 Å². The first-order valence-electron chi connectivity index (χ1n) is 9.46. The molecule has 0 radical (unpaired) electrons. The van der Waals surface area contributed by atoms with Crippen molar-refractivity contribution < 1.29 is 9.84 Å². The molecule has 146 valence electrons. The highest BCUT2D eigenvalue weighted by Crippen LogP contribution is 2.42. The molecular formula is C20H32IN3O2. The van der Waals surface area contributed by atoms with Gasteiger partial charge >= 0.3 is 0 Å². The van der Waals surface area contributed by atoms with Gasteiger partial charge < -0.3 is 20.5 Å². The Morgan fingerprint density at radius 1 is 1.38 bits per heavy atom. The topological polar surface area (TPSA) is 65.9 Å². The molecule has 0 aromatic heterocycles. The summed E-state index contributed by atoms with van der Waals surface area (Å²) in [6, 6.07) is 9.09. The second-order valence-electron chi connectivity index (χ2n) is 7.42. The quantitative estimate of drug-likeness (QED) is 0.324. The van der Waals surface area contributed by atoms with Gasteiger partial charge in [0.2, 0.25) is 0 Å². The highest BCUT2D eigenvalue weighted by atomic mass is 127. The largest absolute Gasteiger partial charge is 0.396 e. The maximum Gasteiger partial charge on any atom is 0.191 e. The van der Waals surface area contributed by atoms with Gasteiger partial charge in [-0.3, -0.25) is 4.99 Å². The Balaban J connectivity index is 0.00000243. The third kappa shape index (κ3) is 5.33. The highest BCUT2D eigenvalue weighted by molar-refractivity contribution is 14.0. The molecule has 1 aromatic rings. The van der Waals surface area contributed by atoms with Gasteiger partial charge in [0, 0.05) is 37.1 Å². The number of aliphatic hydroxyl groups is 1. The Morgan fingerprint density at radius 3 is 2.85 bits per heavy atom. The van der Waals surface area contributed by atoms with E-state index in [4.69, 9.17) is 9.73 Å².